The fraction of sp³-hybridized carbons (Fsp3) is 0.571. The number of phenols is 1. The van der Waals surface area contributed by atoms with E-state index < -0.39 is 116 Å². The Morgan fingerprint density at radius 3 is 2.13 bits per heavy atom. The topological polar surface area (TPSA) is 288 Å². The van der Waals surface area contributed by atoms with Gasteiger partial charge in [-0.1, -0.05) is 0 Å². The predicted molar refractivity (Wildman–Crippen MR) is 178 cm³/mol. The molecular weight excluding hydrogens is 708 g/mol. The van der Waals surface area contributed by atoms with Crippen LogP contribution >= 0.6 is 0 Å². The molecule has 2 saturated heterocycles. The van der Waals surface area contributed by atoms with E-state index in [4.69, 9.17) is 32.8 Å². The minimum Gasteiger partial charge on any atom is -0.507 e. The second-order valence-electron chi connectivity index (χ2n) is 13.5. The molecule has 15 atom stereocenters. The van der Waals surface area contributed by atoms with Crippen molar-refractivity contribution < 1.29 is 83.9 Å². The number of fused-ring (bicyclic) bond motifs is 1. The maximum atomic E-state index is 13.1. The van der Waals surface area contributed by atoms with Crippen LogP contribution in [0.5, 0.6) is 17.2 Å². The zero-order valence-corrected chi connectivity index (χ0v) is 28.6. The lowest BCUT2D eigenvalue weighted by Gasteiger charge is -2.46. The number of aliphatic hydroxyl groups is 9. The van der Waals surface area contributed by atoms with Crippen LogP contribution in [-0.2, 0) is 18.9 Å². The first-order valence-corrected chi connectivity index (χ1v) is 17.0. The van der Waals surface area contributed by atoms with E-state index in [0.717, 1.165) is 6.07 Å². The smallest absolute Gasteiger partial charge is 0.197 e. The number of ether oxygens (including phenoxy) is 6. The lowest BCUT2D eigenvalue weighted by Crippen LogP contribution is -2.63. The van der Waals surface area contributed by atoms with Crippen molar-refractivity contribution >= 4 is 11.0 Å². The van der Waals surface area contributed by atoms with Gasteiger partial charge in [0.05, 0.1) is 32.5 Å². The summed E-state index contributed by atoms with van der Waals surface area (Å²) < 4.78 is 40.0. The summed E-state index contributed by atoms with van der Waals surface area (Å²) in [6.45, 7) is 0.291. The largest absolute Gasteiger partial charge is 0.507 e. The number of benzene rings is 2. The average molecular weight is 753 g/mol. The quantitative estimate of drug-likeness (QED) is 0.104. The Labute approximate surface area is 301 Å². The standard InChI is InChI=1S/C35H44O18/c1-13-25(39)28(42)32(46)35(49-13)53-33-22(7-15(26(40)30(33)44)12-48-34-31(45)29(43)27(41)23(11-36)52-34)50-17-8-18(37)24-19(38)10-20(51-21(24)9-17)14-3-5-16(47-2)6-4-14/h3-6,8-10,13,15,22-23,25-37,39-46H,7,11-12H2,1-2H3/t13-,15+,22+,23+,25-,26+,27+,28+,29-,30-,31+,32-,33-,34+,35-/m0/s1. The summed E-state index contributed by atoms with van der Waals surface area (Å²) in [6, 6.07) is 10.4. The van der Waals surface area contributed by atoms with Crippen LogP contribution in [0, 0.1) is 5.92 Å². The molecule has 0 unspecified atom stereocenters. The number of phenolic OH excluding ortho intramolecular Hbond substituents is 1. The number of methoxy groups -OCH3 is 1. The molecule has 2 aliphatic heterocycles. The summed E-state index contributed by atoms with van der Waals surface area (Å²) >= 11 is 0. The third kappa shape index (κ3) is 7.87. The van der Waals surface area contributed by atoms with E-state index in [2.05, 4.69) is 0 Å². The van der Waals surface area contributed by atoms with Gasteiger partial charge in [0.15, 0.2) is 18.0 Å². The van der Waals surface area contributed by atoms with Crippen molar-refractivity contribution in [2.45, 2.75) is 99.2 Å². The van der Waals surface area contributed by atoms with Gasteiger partial charge in [-0.15, -0.1) is 0 Å². The van der Waals surface area contributed by atoms with E-state index in [0.29, 0.717) is 11.3 Å². The van der Waals surface area contributed by atoms with Gasteiger partial charge in [0.1, 0.15) is 95.0 Å². The molecule has 6 rings (SSSR count). The van der Waals surface area contributed by atoms with E-state index in [9.17, 15) is 55.9 Å². The van der Waals surface area contributed by atoms with Crippen molar-refractivity contribution in [2.75, 3.05) is 20.3 Å². The van der Waals surface area contributed by atoms with Gasteiger partial charge in [0.2, 0.25) is 0 Å². The van der Waals surface area contributed by atoms with Gasteiger partial charge in [0.25, 0.3) is 0 Å². The van der Waals surface area contributed by atoms with Gasteiger partial charge in [-0.3, -0.25) is 4.79 Å². The molecule has 1 saturated carbocycles. The third-order valence-corrected chi connectivity index (χ3v) is 9.94. The van der Waals surface area contributed by atoms with Gasteiger partial charge >= 0.3 is 0 Å². The molecule has 3 aromatic rings. The van der Waals surface area contributed by atoms with E-state index in [1.165, 1.54) is 26.2 Å². The lowest BCUT2D eigenvalue weighted by atomic mass is 9.80. The minimum atomic E-state index is -1.79. The molecule has 53 heavy (non-hydrogen) atoms. The maximum absolute atomic E-state index is 13.1. The lowest BCUT2D eigenvalue weighted by molar-refractivity contribution is -0.328. The van der Waals surface area contributed by atoms with Gasteiger partial charge in [-0.05, 0) is 37.6 Å². The zero-order valence-electron chi connectivity index (χ0n) is 28.6. The zero-order chi connectivity index (χ0) is 38.3. The highest BCUT2D eigenvalue weighted by Crippen LogP contribution is 2.37. The Morgan fingerprint density at radius 2 is 1.45 bits per heavy atom. The summed E-state index contributed by atoms with van der Waals surface area (Å²) in [5.74, 6) is -0.831. The monoisotopic (exact) mass is 752 g/mol. The molecule has 2 aromatic carbocycles. The normalized spacial score (nSPS) is 37.8. The molecule has 3 heterocycles. The van der Waals surface area contributed by atoms with E-state index in [1.807, 2.05) is 0 Å². The highest BCUT2D eigenvalue weighted by molar-refractivity contribution is 5.86. The first-order chi connectivity index (χ1) is 25.2. The Balaban J connectivity index is 1.30. The fourth-order valence-electron chi connectivity index (χ4n) is 6.80. The summed E-state index contributed by atoms with van der Waals surface area (Å²) in [5, 5.41) is 105. The molecule has 18 heteroatoms. The molecule has 0 radical (unpaired) electrons. The van der Waals surface area contributed by atoms with E-state index in [-0.39, 0.29) is 28.9 Å². The van der Waals surface area contributed by atoms with Crippen molar-refractivity contribution in [3.63, 3.8) is 0 Å². The summed E-state index contributed by atoms with van der Waals surface area (Å²) in [7, 11) is 1.50. The van der Waals surface area contributed by atoms with Crippen LogP contribution in [-0.4, -0.2) is 157 Å². The van der Waals surface area contributed by atoms with Crippen LogP contribution in [0.3, 0.4) is 0 Å². The maximum Gasteiger partial charge on any atom is 0.197 e. The Hall–Kier alpha value is -3.47. The van der Waals surface area contributed by atoms with Crippen LogP contribution in [0.4, 0.5) is 0 Å². The molecule has 0 amide bonds. The number of aromatic hydroxyl groups is 1. The summed E-state index contributed by atoms with van der Waals surface area (Å²) in [6.07, 6.45) is -21.8. The van der Waals surface area contributed by atoms with Crippen molar-refractivity contribution in [3.8, 4) is 28.6 Å². The van der Waals surface area contributed by atoms with Crippen molar-refractivity contribution in [1.29, 1.82) is 0 Å². The molecule has 292 valence electrons. The SMILES string of the molecule is COc1ccc(-c2cc(=O)c3c(O)cc(O[C@@H]4C[C@H](CO[C@@H]5O[C@H](CO)[C@@H](O)[C@H](O)[C@H]5O)[C@@H](O)[C@H](O)[C@H]4O[C@@H]4O[C@@H](C)[C@H](O)[C@@H](O)[C@@H]4O)cc3o2)cc1. The second kappa shape index (κ2) is 16.1. The number of rotatable bonds is 10. The molecule has 1 aliphatic carbocycles. The summed E-state index contributed by atoms with van der Waals surface area (Å²) in [5.41, 5.74) is -0.0859. The molecule has 18 nitrogen and oxygen atoms in total. The molecule has 0 spiro atoms. The minimum absolute atomic E-state index is 0.0633. The number of aliphatic hydroxyl groups excluding tert-OH is 9. The predicted octanol–water partition coefficient (Wildman–Crippen LogP) is -2.31. The van der Waals surface area contributed by atoms with Gasteiger partial charge in [-0.2, -0.15) is 0 Å². The van der Waals surface area contributed by atoms with Crippen LogP contribution < -0.4 is 14.9 Å². The van der Waals surface area contributed by atoms with Gasteiger partial charge in [0, 0.05) is 29.7 Å². The van der Waals surface area contributed by atoms with Gasteiger partial charge in [-0.25, -0.2) is 0 Å². The Bertz CT molecular complexity index is 1750. The van der Waals surface area contributed by atoms with E-state index in [1.54, 1.807) is 24.3 Å². The third-order valence-electron chi connectivity index (χ3n) is 9.94. The Morgan fingerprint density at radius 1 is 0.774 bits per heavy atom. The van der Waals surface area contributed by atoms with Crippen LogP contribution in [0.25, 0.3) is 22.3 Å². The number of hydrogen-bond acceptors (Lipinski definition) is 18. The highest BCUT2D eigenvalue weighted by atomic mass is 16.7. The van der Waals surface area contributed by atoms with Crippen LogP contribution in [0.1, 0.15) is 13.3 Å². The first-order valence-electron chi connectivity index (χ1n) is 17.0. The highest BCUT2D eigenvalue weighted by Gasteiger charge is 2.51. The Kier molecular flexibility index (Phi) is 11.9. The van der Waals surface area contributed by atoms with Crippen molar-refractivity contribution in [2.24, 2.45) is 5.92 Å². The van der Waals surface area contributed by atoms with Crippen LogP contribution in [0.2, 0.25) is 0 Å². The van der Waals surface area contributed by atoms with Crippen LogP contribution in [0.15, 0.2) is 51.7 Å². The fourth-order valence-corrected chi connectivity index (χ4v) is 6.80. The molecule has 3 aliphatic rings. The summed E-state index contributed by atoms with van der Waals surface area (Å²) in [4.78, 5) is 13.1. The van der Waals surface area contributed by atoms with Crippen molar-refractivity contribution in [1.82, 2.24) is 0 Å². The molecule has 10 N–H and O–H groups in total. The molecule has 0 bridgehead atoms. The molecule has 1 aromatic heterocycles. The second-order valence-corrected chi connectivity index (χ2v) is 13.5. The first kappa shape index (κ1) is 39.2. The van der Waals surface area contributed by atoms with Gasteiger partial charge < -0.3 is 83.9 Å². The molecular formula is C35H44O18. The number of hydrogen-bond donors (Lipinski definition) is 10. The van der Waals surface area contributed by atoms with Crippen molar-refractivity contribution in [3.05, 3.63) is 52.7 Å². The molecule has 3 fully saturated rings. The van der Waals surface area contributed by atoms with E-state index >= 15 is 0 Å². The average Bonchev–Trinajstić information content (AvgIpc) is 3.14.